The fraction of sp³-hybridized carbons (Fsp3) is 0.929. The number of piperidine rings is 1. The molecular formula is C14H26N2O. The summed E-state index contributed by atoms with van der Waals surface area (Å²) in [6.07, 6.45) is 8.69. The van der Waals surface area contributed by atoms with Crippen molar-refractivity contribution in [2.75, 3.05) is 20.2 Å². The van der Waals surface area contributed by atoms with Crippen molar-refractivity contribution in [1.29, 1.82) is 5.41 Å². The summed E-state index contributed by atoms with van der Waals surface area (Å²) >= 11 is 0. The average Bonchev–Trinajstić information content (AvgIpc) is 2.39. The molecule has 1 aliphatic carbocycles. The van der Waals surface area contributed by atoms with E-state index in [2.05, 4.69) is 11.8 Å². The summed E-state index contributed by atoms with van der Waals surface area (Å²) in [5, 5.41) is 8.40. The number of likely N-dealkylation sites (tertiary alicyclic amines) is 1. The van der Waals surface area contributed by atoms with E-state index in [1.54, 1.807) is 7.11 Å². The number of ether oxygens (including phenoxy) is 1. The fourth-order valence-electron chi connectivity index (χ4n) is 3.21. The zero-order valence-electron chi connectivity index (χ0n) is 11.3. The molecule has 2 fully saturated rings. The maximum Gasteiger partial charge on any atom is 0.0990 e. The average molecular weight is 238 g/mol. The lowest BCUT2D eigenvalue weighted by Crippen LogP contribution is -2.51. The molecule has 0 aromatic heterocycles. The van der Waals surface area contributed by atoms with Crippen LogP contribution in [0.3, 0.4) is 0 Å². The molecule has 1 saturated heterocycles. The maximum absolute atomic E-state index is 8.40. The van der Waals surface area contributed by atoms with Crippen LogP contribution in [0.1, 0.15) is 51.9 Å². The second kappa shape index (κ2) is 5.38. The Labute approximate surface area is 105 Å². The standard InChI is InChI=1S/C14H26N2O/c1-14(17-2)9-6-10-16(11-14)13(15)12-7-4-3-5-8-12/h12,15H,3-11H2,1-2H3. The summed E-state index contributed by atoms with van der Waals surface area (Å²) in [5.41, 5.74) is -0.0424. The normalized spacial score (nSPS) is 31.5. The number of nitrogens with zero attached hydrogens (tertiary/aromatic N) is 1. The van der Waals surface area contributed by atoms with E-state index in [1.807, 2.05) is 0 Å². The highest BCUT2D eigenvalue weighted by Crippen LogP contribution is 2.29. The number of hydrogen-bond acceptors (Lipinski definition) is 2. The largest absolute Gasteiger partial charge is 0.377 e. The van der Waals surface area contributed by atoms with Gasteiger partial charge in [-0.1, -0.05) is 19.3 Å². The lowest BCUT2D eigenvalue weighted by molar-refractivity contribution is -0.0361. The molecule has 1 aliphatic heterocycles. The van der Waals surface area contributed by atoms with Crippen LogP contribution >= 0.6 is 0 Å². The summed E-state index contributed by atoms with van der Waals surface area (Å²) in [6, 6.07) is 0. The first-order valence-corrected chi connectivity index (χ1v) is 7.03. The third-order valence-corrected chi connectivity index (χ3v) is 4.48. The van der Waals surface area contributed by atoms with Gasteiger partial charge in [0.25, 0.3) is 0 Å². The third kappa shape index (κ3) is 3.01. The van der Waals surface area contributed by atoms with Gasteiger partial charge in [-0.15, -0.1) is 0 Å². The smallest absolute Gasteiger partial charge is 0.0990 e. The fourth-order valence-corrected chi connectivity index (χ4v) is 3.21. The first kappa shape index (κ1) is 12.9. The second-order valence-electron chi connectivity index (χ2n) is 5.90. The lowest BCUT2D eigenvalue weighted by Gasteiger charge is -2.42. The van der Waals surface area contributed by atoms with Gasteiger partial charge in [0.2, 0.25) is 0 Å². The van der Waals surface area contributed by atoms with E-state index in [4.69, 9.17) is 10.1 Å². The Hall–Kier alpha value is -0.570. The highest BCUT2D eigenvalue weighted by molar-refractivity contribution is 5.82. The van der Waals surface area contributed by atoms with Crippen molar-refractivity contribution in [1.82, 2.24) is 4.90 Å². The molecule has 0 spiro atoms. The van der Waals surface area contributed by atoms with Crippen molar-refractivity contribution < 1.29 is 4.74 Å². The Kier molecular flexibility index (Phi) is 4.08. The van der Waals surface area contributed by atoms with E-state index in [0.717, 1.165) is 31.8 Å². The van der Waals surface area contributed by atoms with Gasteiger partial charge in [0, 0.05) is 26.1 Å². The van der Waals surface area contributed by atoms with Crippen LogP contribution in [0.15, 0.2) is 0 Å². The first-order valence-electron chi connectivity index (χ1n) is 7.03. The van der Waals surface area contributed by atoms with Crippen molar-refractivity contribution in [2.45, 2.75) is 57.5 Å². The van der Waals surface area contributed by atoms with Crippen LogP contribution in [0, 0.1) is 11.3 Å². The van der Waals surface area contributed by atoms with E-state index < -0.39 is 0 Å². The van der Waals surface area contributed by atoms with Crippen molar-refractivity contribution in [3.8, 4) is 0 Å². The SMILES string of the molecule is COC1(C)CCCN(C(=N)C2CCCCC2)C1. The highest BCUT2D eigenvalue weighted by Gasteiger charge is 2.33. The summed E-state index contributed by atoms with van der Waals surface area (Å²) in [4.78, 5) is 2.27. The van der Waals surface area contributed by atoms with Crippen molar-refractivity contribution >= 4 is 5.84 Å². The van der Waals surface area contributed by atoms with E-state index in [0.29, 0.717) is 5.92 Å². The first-order chi connectivity index (χ1) is 8.14. The van der Waals surface area contributed by atoms with Gasteiger partial charge in [0.15, 0.2) is 0 Å². The third-order valence-electron chi connectivity index (χ3n) is 4.48. The molecule has 0 amide bonds. The number of hydrogen-bond donors (Lipinski definition) is 1. The van der Waals surface area contributed by atoms with Crippen LogP contribution in [-0.2, 0) is 4.74 Å². The van der Waals surface area contributed by atoms with Gasteiger partial charge < -0.3 is 9.64 Å². The minimum absolute atomic E-state index is 0.0424. The molecule has 2 rings (SSSR count). The maximum atomic E-state index is 8.40. The van der Waals surface area contributed by atoms with Crippen LogP contribution in [0.5, 0.6) is 0 Å². The van der Waals surface area contributed by atoms with Gasteiger partial charge in [-0.25, -0.2) is 0 Å². The predicted octanol–water partition coefficient (Wildman–Crippen LogP) is 3.04. The topological polar surface area (TPSA) is 36.3 Å². The summed E-state index contributed by atoms with van der Waals surface area (Å²) in [6.45, 7) is 4.13. The van der Waals surface area contributed by atoms with Crippen LogP contribution in [0.2, 0.25) is 0 Å². The monoisotopic (exact) mass is 238 g/mol. The zero-order chi connectivity index (χ0) is 12.3. The van der Waals surface area contributed by atoms with Crippen molar-refractivity contribution in [3.05, 3.63) is 0 Å². The van der Waals surface area contributed by atoms with Gasteiger partial charge in [0.1, 0.15) is 0 Å². The Morgan fingerprint density at radius 2 is 1.94 bits per heavy atom. The van der Waals surface area contributed by atoms with Gasteiger partial charge in [-0.3, -0.25) is 5.41 Å². The lowest BCUT2D eigenvalue weighted by atomic mass is 9.86. The molecule has 1 atom stereocenters. The van der Waals surface area contributed by atoms with Gasteiger partial charge in [-0.2, -0.15) is 0 Å². The van der Waals surface area contributed by atoms with Crippen molar-refractivity contribution in [3.63, 3.8) is 0 Å². The molecule has 2 aliphatic rings. The van der Waals surface area contributed by atoms with Crippen LogP contribution in [0.25, 0.3) is 0 Å². The number of nitrogens with one attached hydrogen (secondary N) is 1. The van der Waals surface area contributed by atoms with Gasteiger partial charge in [0.05, 0.1) is 11.4 Å². The van der Waals surface area contributed by atoms with E-state index in [9.17, 15) is 0 Å². The number of methoxy groups -OCH3 is 1. The summed E-state index contributed by atoms with van der Waals surface area (Å²) < 4.78 is 5.61. The minimum atomic E-state index is -0.0424. The molecule has 0 bridgehead atoms. The molecular weight excluding hydrogens is 212 g/mol. The Morgan fingerprint density at radius 3 is 2.59 bits per heavy atom. The van der Waals surface area contributed by atoms with Crippen LogP contribution in [-0.4, -0.2) is 36.5 Å². The summed E-state index contributed by atoms with van der Waals surface area (Å²) in [7, 11) is 1.80. The summed E-state index contributed by atoms with van der Waals surface area (Å²) in [5.74, 6) is 1.40. The molecule has 1 unspecified atom stereocenters. The van der Waals surface area contributed by atoms with Gasteiger partial charge in [-0.05, 0) is 32.6 Å². The quantitative estimate of drug-likeness (QED) is 0.593. The molecule has 3 nitrogen and oxygen atoms in total. The molecule has 98 valence electrons. The molecule has 0 radical (unpaired) electrons. The van der Waals surface area contributed by atoms with E-state index >= 15 is 0 Å². The molecule has 1 saturated carbocycles. The zero-order valence-corrected chi connectivity index (χ0v) is 11.3. The minimum Gasteiger partial charge on any atom is -0.377 e. The molecule has 0 aromatic carbocycles. The Balaban J connectivity index is 1.94. The second-order valence-corrected chi connectivity index (χ2v) is 5.90. The predicted molar refractivity (Wildman–Crippen MR) is 70.5 cm³/mol. The van der Waals surface area contributed by atoms with E-state index in [-0.39, 0.29) is 5.60 Å². The Morgan fingerprint density at radius 1 is 1.24 bits per heavy atom. The molecule has 1 heterocycles. The van der Waals surface area contributed by atoms with Crippen LogP contribution < -0.4 is 0 Å². The number of amidine groups is 1. The number of rotatable bonds is 2. The molecule has 17 heavy (non-hydrogen) atoms. The Bertz CT molecular complexity index is 273. The van der Waals surface area contributed by atoms with Crippen LogP contribution in [0.4, 0.5) is 0 Å². The van der Waals surface area contributed by atoms with Crippen molar-refractivity contribution in [2.24, 2.45) is 5.92 Å². The molecule has 3 heteroatoms. The highest BCUT2D eigenvalue weighted by atomic mass is 16.5. The molecule has 0 aromatic rings. The van der Waals surface area contributed by atoms with Gasteiger partial charge >= 0.3 is 0 Å². The molecule has 1 N–H and O–H groups in total. The van der Waals surface area contributed by atoms with E-state index in [1.165, 1.54) is 32.1 Å².